The lowest BCUT2D eigenvalue weighted by Gasteiger charge is -2.11. The van der Waals surface area contributed by atoms with Crippen LogP contribution in [0.3, 0.4) is 0 Å². The molecule has 0 spiro atoms. The van der Waals surface area contributed by atoms with Gasteiger partial charge in [-0.25, -0.2) is 19.9 Å². The highest BCUT2D eigenvalue weighted by molar-refractivity contribution is 6.04. The van der Waals surface area contributed by atoms with Crippen molar-refractivity contribution < 1.29 is 0 Å². The summed E-state index contributed by atoms with van der Waals surface area (Å²) >= 11 is 0. The van der Waals surface area contributed by atoms with E-state index in [0.717, 1.165) is 78.0 Å². The van der Waals surface area contributed by atoms with Crippen molar-refractivity contribution in [2.75, 3.05) is 0 Å². The Bertz CT molecular complexity index is 2230. The SMILES string of the molecule is c1ccc(-c2nc3ccccc3nc2-c2ccc(-c3ccc4ccc5ccc(-c6ccccn6)nc5c4n3)cc2)cc1. The minimum atomic E-state index is 0.831. The van der Waals surface area contributed by atoms with Crippen LogP contribution in [0.1, 0.15) is 0 Å². The summed E-state index contributed by atoms with van der Waals surface area (Å²) in [5.74, 6) is 0. The summed E-state index contributed by atoms with van der Waals surface area (Å²) in [7, 11) is 0. The zero-order chi connectivity index (χ0) is 27.9. The van der Waals surface area contributed by atoms with Gasteiger partial charge in [0.05, 0.1) is 50.5 Å². The lowest BCUT2D eigenvalue weighted by molar-refractivity contribution is 1.27. The Labute approximate surface area is 242 Å². The van der Waals surface area contributed by atoms with Gasteiger partial charge in [-0.1, -0.05) is 97.1 Å². The Hall–Kier alpha value is -5.81. The summed E-state index contributed by atoms with van der Waals surface area (Å²) in [6.07, 6.45) is 1.79. The molecule has 4 aromatic carbocycles. The molecular weight excluding hydrogens is 514 g/mol. The van der Waals surface area contributed by atoms with Gasteiger partial charge in [0.25, 0.3) is 0 Å². The smallest absolute Gasteiger partial charge is 0.0973 e. The van der Waals surface area contributed by atoms with Crippen LogP contribution in [-0.2, 0) is 0 Å². The second-order valence-electron chi connectivity index (χ2n) is 10.2. The first-order valence-corrected chi connectivity index (χ1v) is 13.9. The average molecular weight is 538 g/mol. The fourth-order valence-corrected chi connectivity index (χ4v) is 5.38. The van der Waals surface area contributed by atoms with Crippen LogP contribution in [0.25, 0.3) is 78.0 Å². The van der Waals surface area contributed by atoms with Crippen molar-refractivity contribution in [3.8, 4) is 45.2 Å². The van der Waals surface area contributed by atoms with Crippen LogP contribution < -0.4 is 0 Å². The van der Waals surface area contributed by atoms with E-state index < -0.39 is 0 Å². The fraction of sp³-hybridized carbons (Fsp3) is 0. The van der Waals surface area contributed by atoms with E-state index in [2.05, 4.69) is 71.7 Å². The van der Waals surface area contributed by atoms with Gasteiger partial charge in [-0.2, -0.15) is 0 Å². The highest BCUT2D eigenvalue weighted by Gasteiger charge is 2.14. The third-order valence-electron chi connectivity index (χ3n) is 7.52. The van der Waals surface area contributed by atoms with Crippen LogP contribution in [0.15, 0.2) is 140 Å². The summed E-state index contributed by atoms with van der Waals surface area (Å²) in [6.45, 7) is 0. The van der Waals surface area contributed by atoms with E-state index >= 15 is 0 Å². The number of pyridine rings is 3. The van der Waals surface area contributed by atoms with E-state index in [1.807, 2.05) is 66.7 Å². The molecule has 4 heterocycles. The van der Waals surface area contributed by atoms with Gasteiger partial charge in [-0.3, -0.25) is 4.98 Å². The molecule has 0 radical (unpaired) electrons. The number of rotatable bonds is 4. The third kappa shape index (κ3) is 4.25. The highest BCUT2D eigenvalue weighted by Crippen LogP contribution is 2.33. The normalized spacial score (nSPS) is 11.3. The molecule has 8 rings (SSSR count). The molecule has 0 unspecified atom stereocenters. The molecule has 0 aliphatic rings. The van der Waals surface area contributed by atoms with Crippen molar-refractivity contribution in [2.24, 2.45) is 0 Å². The molecule has 0 bridgehead atoms. The maximum absolute atomic E-state index is 5.11. The molecule has 5 nitrogen and oxygen atoms in total. The van der Waals surface area contributed by atoms with E-state index in [1.165, 1.54) is 0 Å². The molecule has 8 aromatic rings. The second kappa shape index (κ2) is 9.98. The lowest BCUT2D eigenvalue weighted by atomic mass is 10.0. The Balaban J connectivity index is 1.23. The number of nitrogens with zero attached hydrogens (tertiary/aromatic N) is 5. The Kier molecular flexibility index (Phi) is 5.71. The molecule has 4 aromatic heterocycles. The Morgan fingerprint density at radius 3 is 1.50 bits per heavy atom. The molecule has 0 saturated heterocycles. The van der Waals surface area contributed by atoms with E-state index in [9.17, 15) is 0 Å². The number of fused-ring (bicyclic) bond motifs is 4. The Morgan fingerprint density at radius 2 is 0.857 bits per heavy atom. The van der Waals surface area contributed by atoms with Crippen molar-refractivity contribution in [1.29, 1.82) is 0 Å². The first-order chi connectivity index (χ1) is 20.8. The molecule has 0 atom stereocenters. The summed E-state index contributed by atoms with van der Waals surface area (Å²) < 4.78 is 0. The summed E-state index contributed by atoms with van der Waals surface area (Å²) in [4.78, 5) is 24.6. The van der Waals surface area contributed by atoms with Gasteiger partial charge >= 0.3 is 0 Å². The predicted octanol–water partition coefficient (Wildman–Crippen LogP) is 8.79. The summed E-state index contributed by atoms with van der Waals surface area (Å²) in [6, 6.07) is 45.0. The van der Waals surface area contributed by atoms with Gasteiger partial charge in [0, 0.05) is 33.7 Å². The van der Waals surface area contributed by atoms with Crippen molar-refractivity contribution in [2.45, 2.75) is 0 Å². The fourth-order valence-electron chi connectivity index (χ4n) is 5.38. The Morgan fingerprint density at radius 1 is 0.333 bits per heavy atom. The van der Waals surface area contributed by atoms with Gasteiger partial charge in [-0.05, 0) is 36.4 Å². The summed E-state index contributed by atoms with van der Waals surface area (Å²) in [5, 5.41) is 2.10. The topological polar surface area (TPSA) is 64.5 Å². The molecule has 0 fully saturated rings. The molecule has 0 saturated carbocycles. The number of benzene rings is 4. The quantitative estimate of drug-likeness (QED) is 0.210. The van der Waals surface area contributed by atoms with E-state index in [4.69, 9.17) is 19.9 Å². The van der Waals surface area contributed by atoms with Gasteiger partial charge in [0.15, 0.2) is 0 Å². The standard InChI is InChI=1S/C37H23N5/c1-2-8-25(9-3-1)34-36(41-32-12-5-4-11-31(32)40-34)26-15-13-24(14-16-26)29-21-19-27-17-18-28-20-22-33(30-10-6-7-23-38-30)42-37(28)35(27)39-29/h1-23H. The number of hydrogen-bond acceptors (Lipinski definition) is 5. The van der Waals surface area contributed by atoms with Crippen LogP contribution in [0, 0.1) is 0 Å². The maximum Gasteiger partial charge on any atom is 0.0973 e. The molecule has 42 heavy (non-hydrogen) atoms. The second-order valence-corrected chi connectivity index (χ2v) is 10.2. The zero-order valence-electron chi connectivity index (χ0n) is 22.5. The molecule has 0 aliphatic heterocycles. The molecule has 0 amide bonds. The van der Waals surface area contributed by atoms with Crippen molar-refractivity contribution in [3.63, 3.8) is 0 Å². The predicted molar refractivity (Wildman–Crippen MR) is 170 cm³/mol. The molecule has 196 valence electrons. The monoisotopic (exact) mass is 537 g/mol. The minimum Gasteiger partial charge on any atom is -0.255 e. The minimum absolute atomic E-state index is 0.831. The van der Waals surface area contributed by atoms with Gasteiger partial charge < -0.3 is 0 Å². The van der Waals surface area contributed by atoms with Crippen LogP contribution >= 0.6 is 0 Å². The molecular formula is C37H23N5. The van der Waals surface area contributed by atoms with Gasteiger partial charge in [-0.15, -0.1) is 0 Å². The van der Waals surface area contributed by atoms with Gasteiger partial charge in [0.2, 0.25) is 0 Å². The lowest BCUT2D eigenvalue weighted by Crippen LogP contribution is -1.95. The largest absolute Gasteiger partial charge is 0.255 e. The molecule has 0 aliphatic carbocycles. The molecule has 0 N–H and O–H groups in total. The van der Waals surface area contributed by atoms with E-state index in [-0.39, 0.29) is 0 Å². The van der Waals surface area contributed by atoms with Crippen molar-refractivity contribution >= 4 is 32.8 Å². The van der Waals surface area contributed by atoms with Crippen molar-refractivity contribution in [1.82, 2.24) is 24.9 Å². The molecule has 5 heteroatoms. The zero-order valence-corrected chi connectivity index (χ0v) is 22.5. The third-order valence-corrected chi connectivity index (χ3v) is 7.52. The summed E-state index contributed by atoms with van der Waals surface area (Å²) in [5.41, 5.74) is 10.8. The van der Waals surface area contributed by atoms with Crippen LogP contribution in [0.4, 0.5) is 0 Å². The highest BCUT2D eigenvalue weighted by atomic mass is 14.8. The van der Waals surface area contributed by atoms with Crippen LogP contribution in [-0.4, -0.2) is 24.9 Å². The van der Waals surface area contributed by atoms with E-state index in [0.29, 0.717) is 0 Å². The van der Waals surface area contributed by atoms with Crippen molar-refractivity contribution in [3.05, 3.63) is 140 Å². The van der Waals surface area contributed by atoms with Gasteiger partial charge in [0.1, 0.15) is 0 Å². The first kappa shape index (κ1) is 24.0. The number of hydrogen-bond donors (Lipinski definition) is 0. The number of aromatic nitrogens is 5. The number of para-hydroxylation sites is 2. The average Bonchev–Trinajstić information content (AvgIpc) is 3.08. The van der Waals surface area contributed by atoms with Crippen LogP contribution in [0.2, 0.25) is 0 Å². The van der Waals surface area contributed by atoms with Crippen LogP contribution in [0.5, 0.6) is 0 Å². The maximum atomic E-state index is 5.11. The van der Waals surface area contributed by atoms with E-state index in [1.54, 1.807) is 6.20 Å². The first-order valence-electron chi connectivity index (χ1n) is 13.9.